The molecule has 0 spiro atoms. The maximum atomic E-state index is 12.7. The number of carboxylic acid groups (broad SMARTS) is 1. The van der Waals surface area contributed by atoms with Crippen LogP contribution in [0, 0.1) is 0 Å². The van der Waals surface area contributed by atoms with Crippen molar-refractivity contribution in [1.82, 2.24) is 24.7 Å². The second-order valence-electron chi connectivity index (χ2n) is 12.0. The minimum atomic E-state index is -0.971. The molecule has 46 heavy (non-hydrogen) atoms. The molecule has 240 valence electrons. The zero-order valence-corrected chi connectivity index (χ0v) is 28.0. The van der Waals surface area contributed by atoms with Crippen LogP contribution in [0.1, 0.15) is 47.2 Å². The highest BCUT2D eigenvalue weighted by Gasteiger charge is 2.29. The number of nitrogens with zero attached hydrogens (tertiary/aromatic N) is 5. The Balaban J connectivity index is 1.34. The average Bonchev–Trinajstić information content (AvgIpc) is 3.70. The first-order valence-electron chi connectivity index (χ1n) is 15.6. The predicted octanol–water partition coefficient (Wildman–Crippen LogP) is 6.82. The van der Waals surface area contributed by atoms with E-state index in [-0.39, 0.29) is 11.7 Å². The van der Waals surface area contributed by atoms with Crippen LogP contribution in [-0.2, 0) is 33.0 Å². The average molecular weight is 659 g/mol. The normalized spacial score (nSPS) is 13.3. The van der Waals surface area contributed by atoms with Crippen LogP contribution in [-0.4, -0.2) is 63.4 Å². The van der Waals surface area contributed by atoms with Crippen molar-refractivity contribution in [3.63, 3.8) is 0 Å². The van der Waals surface area contributed by atoms with E-state index in [9.17, 15) is 9.90 Å². The molecule has 3 heterocycles. The highest BCUT2D eigenvalue weighted by molar-refractivity contribution is 7.80. The van der Waals surface area contributed by atoms with Crippen molar-refractivity contribution < 1.29 is 14.6 Å². The Hall–Kier alpha value is -3.99. The Bertz CT molecular complexity index is 1950. The number of hydrogen-bond acceptors (Lipinski definition) is 7. The molecule has 6 rings (SSSR count). The van der Waals surface area contributed by atoms with Gasteiger partial charge in [0.25, 0.3) is 0 Å². The fraction of sp³-hybridized carbons (Fsp3) is 0.343. The Morgan fingerprint density at radius 2 is 2.04 bits per heavy atom. The molecule has 0 aliphatic carbocycles. The van der Waals surface area contributed by atoms with Crippen molar-refractivity contribution in [3.8, 4) is 16.9 Å². The minimum absolute atomic E-state index is 0.141. The summed E-state index contributed by atoms with van der Waals surface area (Å²) in [6.45, 7) is 8.22. The van der Waals surface area contributed by atoms with Crippen LogP contribution in [0.15, 0.2) is 58.5 Å². The lowest BCUT2D eigenvalue weighted by atomic mass is 9.97. The summed E-state index contributed by atoms with van der Waals surface area (Å²) in [5.41, 5.74) is 5.71. The molecule has 3 aromatic carbocycles. The van der Waals surface area contributed by atoms with Gasteiger partial charge in [-0.2, -0.15) is 10.2 Å². The van der Waals surface area contributed by atoms with Crippen molar-refractivity contribution in [1.29, 1.82) is 0 Å². The minimum Gasteiger partial charge on any atom is -0.493 e. The molecule has 0 amide bonds. The van der Waals surface area contributed by atoms with E-state index < -0.39 is 5.97 Å². The number of fused-ring (bicyclic) bond motifs is 3. The lowest BCUT2D eigenvalue weighted by Crippen LogP contribution is -2.35. The molecule has 0 fully saturated rings. The number of halogens is 1. The molecular weight excluding hydrogens is 620 g/mol. The van der Waals surface area contributed by atoms with Crippen LogP contribution in [0.5, 0.6) is 5.75 Å². The highest BCUT2D eigenvalue weighted by atomic mass is 35.5. The molecule has 0 bridgehead atoms. The molecule has 2 N–H and O–H groups in total. The quantitative estimate of drug-likeness (QED) is 0.0556. The number of rotatable bonds is 13. The number of benzene rings is 3. The number of nitrogens with one attached hydrogen (secondary N) is 1. The van der Waals surface area contributed by atoms with E-state index in [4.69, 9.17) is 21.4 Å². The Kier molecular flexibility index (Phi) is 9.31. The third-order valence-corrected chi connectivity index (χ3v) is 9.38. The molecule has 0 saturated carbocycles. The van der Waals surface area contributed by atoms with Crippen molar-refractivity contribution in [2.45, 2.75) is 56.6 Å². The molecule has 1 unspecified atom stereocenters. The number of ether oxygens (including phenoxy) is 1. The monoisotopic (exact) mass is 658 g/mol. The number of hydrazone groups is 1. The lowest BCUT2D eigenvalue weighted by molar-refractivity contribution is 0.0685. The number of hydrogen-bond donors (Lipinski definition) is 3. The van der Waals surface area contributed by atoms with Gasteiger partial charge in [0, 0.05) is 72.4 Å². The van der Waals surface area contributed by atoms with Crippen molar-refractivity contribution >= 4 is 58.6 Å². The van der Waals surface area contributed by atoms with E-state index in [1.165, 1.54) is 0 Å². The summed E-state index contributed by atoms with van der Waals surface area (Å²) in [7, 11) is 3.71. The van der Waals surface area contributed by atoms with Crippen LogP contribution in [0.4, 0.5) is 0 Å². The number of carbonyl (C=O) groups is 1. The lowest BCUT2D eigenvalue weighted by Gasteiger charge is -2.19. The summed E-state index contributed by atoms with van der Waals surface area (Å²) in [5.74, 6) is -0.201. The van der Waals surface area contributed by atoms with Gasteiger partial charge in [0.1, 0.15) is 11.4 Å². The van der Waals surface area contributed by atoms with Crippen LogP contribution in [0.25, 0.3) is 32.8 Å². The summed E-state index contributed by atoms with van der Waals surface area (Å²) in [6.07, 6.45) is 3.05. The molecule has 1 aliphatic heterocycles. The fourth-order valence-electron chi connectivity index (χ4n) is 6.76. The molecule has 1 aliphatic rings. The third kappa shape index (κ3) is 6.09. The zero-order valence-electron chi connectivity index (χ0n) is 26.4. The first-order chi connectivity index (χ1) is 22.2. The summed E-state index contributed by atoms with van der Waals surface area (Å²) in [4.78, 5) is 13.6. The Morgan fingerprint density at radius 1 is 1.24 bits per heavy atom. The van der Waals surface area contributed by atoms with Crippen LogP contribution >= 0.6 is 24.2 Å². The predicted molar refractivity (Wildman–Crippen MR) is 188 cm³/mol. The molecule has 1 atom stereocenters. The fourth-order valence-corrected chi connectivity index (χ4v) is 7.27. The van der Waals surface area contributed by atoms with Crippen LogP contribution < -0.4 is 10.1 Å². The zero-order chi connectivity index (χ0) is 32.5. The summed E-state index contributed by atoms with van der Waals surface area (Å²) >= 11 is 11.6. The van der Waals surface area contributed by atoms with E-state index in [0.29, 0.717) is 37.6 Å². The molecule has 2 aromatic heterocycles. The first-order valence-corrected chi connectivity index (χ1v) is 16.4. The van der Waals surface area contributed by atoms with Gasteiger partial charge >= 0.3 is 5.97 Å². The van der Waals surface area contributed by atoms with E-state index in [2.05, 4.69) is 41.4 Å². The standard InChI is InChI=1S/C35H39ClN6O3S/c1-21(20-40(3)37-2)38-19-28-32(29-12-7-15-42(29)39-28)31-27(36)14-13-26-25(34(35(43)44)41(4)33(26)31)11-8-16-45-30-18-23(46)17-22-9-5-6-10-24(22)30/h5-6,9-10,13-14,17-18,21,38,46H,2,7-8,11-12,15-16,19-20H2,1,3-4H3,(H,43,44). The van der Waals surface area contributed by atoms with Gasteiger partial charge in [-0.1, -0.05) is 41.9 Å². The number of likely N-dealkylation sites (N-methyl/N-ethyl adjacent to an activating group) is 1. The van der Waals surface area contributed by atoms with E-state index in [0.717, 1.165) is 79.8 Å². The molecule has 9 nitrogen and oxygen atoms in total. The SMILES string of the molecule is C=NN(C)CC(C)NCc1nn2c(c1-c1c(Cl)ccc3c(CCCOc4cc(S)cc5ccccc45)c(C(=O)O)n(C)c13)CCC2. The molecular formula is C35H39ClN6O3S. The molecule has 0 saturated heterocycles. The van der Waals surface area contributed by atoms with Gasteiger partial charge in [0.05, 0.1) is 29.4 Å². The van der Waals surface area contributed by atoms with Gasteiger partial charge in [0.15, 0.2) is 0 Å². The van der Waals surface area contributed by atoms with Crippen molar-refractivity contribution in [2.24, 2.45) is 12.1 Å². The van der Waals surface area contributed by atoms with Gasteiger partial charge in [0.2, 0.25) is 0 Å². The van der Waals surface area contributed by atoms with Crippen LogP contribution in [0.2, 0.25) is 5.02 Å². The second kappa shape index (κ2) is 13.4. The molecule has 11 heteroatoms. The topological polar surface area (TPSA) is 96.9 Å². The number of thiol groups is 1. The van der Waals surface area contributed by atoms with Gasteiger partial charge < -0.3 is 19.7 Å². The van der Waals surface area contributed by atoms with Crippen molar-refractivity contribution in [2.75, 3.05) is 20.2 Å². The molecule has 0 radical (unpaired) electrons. The van der Waals surface area contributed by atoms with E-state index in [1.807, 2.05) is 62.6 Å². The summed E-state index contributed by atoms with van der Waals surface area (Å²) in [5, 5.41) is 28.3. The smallest absolute Gasteiger partial charge is 0.352 e. The summed E-state index contributed by atoms with van der Waals surface area (Å²) in [6, 6.07) is 16.0. The van der Waals surface area contributed by atoms with Crippen LogP contribution in [0.3, 0.4) is 0 Å². The maximum absolute atomic E-state index is 12.7. The number of aryl methyl sites for hydroxylation is 3. The number of aromatic nitrogens is 3. The van der Waals surface area contributed by atoms with E-state index >= 15 is 0 Å². The van der Waals surface area contributed by atoms with Crippen molar-refractivity contribution in [3.05, 3.63) is 76.2 Å². The Labute approximate surface area is 279 Å². The summed E-state index contributed by atoms with van der Waals surface area (Å²) < 4.78 is 10.1. The van der Waals surface area contributed by atoms with E-state index in [1.54, 1.807) is 9.58 Å². The third-order valence-electron chi connectivity index (χ3n) is 8.81. The highest BCUT2D eigenvalue weighted by Crippen LogP contribution is 2.43. The second-order valence-corrected chi connectivity index (χ2v) is 12.9. The maximum Gasteiger partial charge on any atom is 0.352 e. The molecule has 5 aromatic rings. The first kappa shape index (κ1) is 32.0. The largest absolute Gasteiger partial charge is 0.493 e. The Morgan fingerprint density at radius 3 is 2.83 bits per heavy atom. The van der Waals surface area contributed by atoms with Gasteiger partial charge in [-0.25, -0.2) is 4.79 Å². The van der Waals surface area contributed by atoms with Gasteiger partial charge in [-0.3, -0.25) is 9.69 Å². The van der Waals surface area contributed by atoms with Gasteiger partial charge in [-0.05, 0) is 61.8 Å². The number of carboxylic acids is 1. The van der Waals surface area contributed by atoms with Gasteiger partial charge in [-0.15, -0.1) is 12.6 Å². The number of aromatic carboxylic acids is 1.